The van der Waals surface area contributed by atoms with Gasteiger partial charge in [-0.1, -0.05) is 25.4 Å². The largest absolute Gasteiger partial charge is 0.504 e. The Labute approximate surface area is 101 Å². The van der Waals surface area contributed by atoms with Crippen LogP contribution in [0.2, 0.25) is 5.02 Å². The van der Waals surface area contributed by atoms with Gasteiger partial charge >= 0.3 is 0 Å². The third-order valence-electron chi connectivity index (χ3n) is 1.94. The molecule has 1 N–H and O–H groups in total. The Morgan fingerprint density at radius 2 is 1.62 bits per heavy atom. The minimum atomic E-state index is 0.0438. The zero-order valence-electron chi connectivity index (χ0n) is 9.62. The maximum Gasteiger partial charge on any atom is 0.164 e. The number of phenols is 1. The minimum absolute atomic E-state index is 0.0438. The fraction of sp³-hybridized carbons (Fsp3) is 0.500. The molecule has 0 aliphatic rings. The van der Waals surface area contributed by atoms with Crippen LogP contribution in [0.5, 0.6) is 17.2 Å². The number of phenolic OH excluding ortho intramolecular Hbond substituents is 1. The minimum Gasteiger partial charge on any atom is -0.504 e. The summed E-state index contributed by atoms with van der Waals surface area (Å²) >= 11 is 5.93. The maximum absolute atomic E-state index is 9.60. The molecule has 1 aromatic carbocycles. The van der Waals surface area contributed by atoms with E-state index in [9.17, 15) is 5.11 Å². The molecule has 0 bridgehead atoms. The second-order valence-corrected chi connectivity index (χ2v) is 3.85. The number of halogens is 1. The normalized spacial score (nSPS) is 10.2. The van der Waals surface area contributed by atoms with Gasteiger partial charge in [-0.15, -0.1) is 0 Å². The molecule has 0 aliphatic heterocycles. The predicted molar refractivity (Wildman–Crippen MR) is 64.7 cm³/mol. The number of ether oxygens (including phenoxy) is 2. The fourth-order valence-electron chi connectivity index (χ4n) is 1.17. The molecule has 0 radical (unpaired) electrons. The Bertz CT molecular complexity index is 310. The molecular weight excluding hydrogens is 228 g/mol. The lowest BCUT2D eigenvalue weighted by Gasteiger charge is -2.11. The summed E-state index contributed by atoms with van der Waals surface area (Å²) in [4.78, 5) is 0. The van der Waals surface area contributed by atoms with E-state index in [-0.39, 0.29) is 5.75 Å². The summed E-state index contributed by atoms with van der Waals surface area (Å²) < 4.78 is 10.8. The van der Waals surface area contributed by atoms with Gasteiger partial charge in [0.05, 0.1) is 18.2 Å². The number of hydrogen-bond acceptors (Lipinski definition) is 3. The Morgan fingerprint density at radius 1 is 1.06 bits per heavy atom. The SMILES string of the molecule is CCCOc1cc(OCCC)c(Cl)cc1O. The number of rotatable bonds is 6. The van der Waals surface area contributed by atoms with Crippen molar-refractivity contribution in [1.29, 1.82) is 0 Å². The molecule has 0 amide bonds. The molecule has 0 saturated heterocycles. The van der Waals surface area contributed by atoms with Gasteiger partial charge in [0.1, 0.15) is 5.75 Å². The Morgan fingerprint density at radius 3 is 2.19 bits per heavy atom. The predicted octanol–water partition coefficient (Wildman–Crippen LogP) is 3.62. The van der Waals surface area contributed by atoms with E-state index in [2.05, 4.69) is 0 Å². The highest BCUT2D eigenvalue weighted by atomic mass is 35.5. The standard InChI is InChI=1S/C12H17ClO3/c1-3-5-15-11-8-12(16-6-4-2)10(14)7-9(11)13/h7-8,14H,3-6H2,1-2H3. The summed E-state index contributed by atoms with van der Waals surface area (Å²) in [5.74, 6) is 1.01. The fourth-order valence-corrected chi connectivity index (χ4v) is 1.39. The molecule has 0 spiro atoms. The lowest BCUT2D eigenvalue weighted by molar-refractivity contribution is 0.289. The first-order valence-corrected chi connectivity index (χ1v) is 5.85. The lowest BCUT2D eigenvalue weighted by Crippen LogP contribution is -1.99. The summed E-state index contributed by atoms with van der Waals surface area (Å²) in [6.45, 7) is 5.17. The van der Waals surface area contributed by atoms with Crippen molar-refractivity contribution < 1.29 is 14.6 Å². The molecule has 0 fully saturated rings. The first kappa shape index (κ1) is 13.0. The van der Waals surface area contributed by atoms with Crippen molar-refractivity contribution in [3.05, 3.63) is 17.2 Å². The van der Waals surface area contributed by atoms with Crippen molar-refractivity contribution >= 4 is 11.6 Å². The van der Waals surface area contributed by atoms with E-state index in [1.54, 1.807) is 6.07 Å². The highest BCUT2D eigenvalue weighted by Gasteiger charge is 2.09. The maximum atomic E-state index is 9.60. The molecular formula is C12H17ClO3. The Balaban J connectivity index is 2.83. The van der Waals surface area contributed by atoms with Gasteiger partial charge in [0.15, 0.2) is 11.5 Å². The molecule has 0 saturated carbocycles. The van der Waals surface area contributed by atoms with Crippen LogP contribution in [0.1, 0.15) is 26.7 Å². The molecule has 0 atom stereocenters. The second kappa shape index (κ2) is 6.48. The zero-order valence-corrected chi connectivity index (χ0v) is 10.4. The van der Waals surface area contributed by atoms with Crippen LogP contribution in [0.3, 0.4) is 0 Å². The molecule has 0 unspecified atom stereocenters. The highest BCUT2D eigenvalue weighted by molar-refractivity contribution is 6.32. The van der Waals surface area contributed by atoms with E-state index in [0.29, 0.717) is 29.7 Å². The van der Waals surface area contributed by atoms with Crippen molar-refractivity contribution in [3.8, 4) is 17.2 Å². The molecule has 4 heteroatoms. The molecule has 16 heavy (non-hydrogen) atoms. The van der Waals surface area contributed by atoms with Crippen LogP contribution >= 0.6 is 11.6 Å². The third kappa shape index (κ3) is 3.49. The van der Waals surface area contributed by atoms with Crippen molar-refractivity contribution in [2.24, 2.45) is 0 Å². The number of aromatic hydroxyl groups is 1. The first-order valence-electron chi connectivity index (χ1n) is 5.47. The summed E-state index contributed by atoms with van der Waals surface area (Å²) in [5.41, 5.74) is 0. The van der Waals surface area contributed by atoms with E-state index >= 15 is 0 Å². The van der Waals surface area contributed by atoms with Crippen LogP contribution < -0.4 is 9.47 Å². The molecule has 0 heterocycles. The molecule has 1 aromatic rings. The van der Waals surface area contributed by atoms with Gasteiger partial charge in [0.25, 0.3) is 0 Å². The van der Waals surface area contributed by atoms with E-state index in [0.717, 1.165) is 12.8 Å². The monoisotopic (exact) mass is 244 g/mol. The van der Waals surface area contributed by atoms with Gasteiger partial charge in [0, 0.05) is 12.1 Å². The van der Waals surface area contributed by atoms with Crippen LogP contribution in [-0.4, -0.2) is 18.3 Å². The number of hydrogen-bond donors (Lipinski definition) is 1. The van der Waals surface area contributed by atoms with Crippen molar-refractivity contribution in [2.75, 3.05) is 13.2 Å². The van der Waals surface area contributed by atoms with Crippen LogP contribution in [-0.2, 0) is 0 Å². The van der Waals surface area contributed by atoms with E-state index in [4.69, 9.17) is 21.1 Å². The van der Waals surface area contributed by atoms with Crippen LogP contribution in [0.25, 0.3) is 0 Å². The van der Waals surface area contributed by atoms with Crippen LogP contribution in [0.15, 0.2) is 12.1 Å². The molecule has 90 valence electrons. The third-order valence-corrected chi connectivity index (χ3v) is 2.23. The number of benzene rings is 1. The molecule has 3 nitrogen and oxygen atoms in total. The molecule has 1 rings (SSSR count). The summed E-state index contributed by atoms with van der Waals surface area (Å²) in [7, 11) is 0. The van der Waals surface area contributed by atoms with Gasteiger partial charge in [-0.3, -0.25) is 0 Å². The summed E-state index contributed by atoms with van der Waals surface area (Å²) in [6.07, 6.45) is 1.79. The highest BCUT2D eigenvalue weighted by Crippen LogP contribution is 2.37. The molecule has 0 aromatic heterocycles. The van der Waals surface area contributed by atoms with Crippen molar-refractivity contribution in [3.63, 3.8) is 0 Å². The summed E-state index contributed by atoms with van der Waals surface area (Å²) in [6, 6.07) is 3.07. The van der Waals surface area contributed by atoms with Crippen molar-refractivity contribution in [1.82, 2.24) is 0 Å². The van der Waals surface area contributed by atoms with Gasteiger partial charge in [-0.2, -0.15) is 0 Å². The smallest absolute Gasteiger partial charge is 0.164 e. The van der Waals surface area contributed by atoms with E-state index < -0.39 is 0 Å². The van der Waals surface area contributed by atoms with E-state index in [1.165, 1.54) is 6.07 Å². The van der Waals surface area contributed by atoms with Gasteiger partial charge in [-0.05, 0) is 12.8 Å². The molecule has 0 aliphatic carbocycles. The van der Waals surface area contributed by atoms with Crippen LogP contribution in [0, 0.1) is 0 Å². The van der Waals surface area contributed by atoms with Gasteiger partial charge in [0.2, 0.25) is 0 Å². The Hall–Kier alpha value is -1.09. The van der Waals surface area contributed by atoms with E-state index in [1.807, 2.05) is 13.8 Å². The van der Waals surface area contributed by atoms with Gasteiger partial charge in [-0.25, -0.2) is 0 Å². The lowest BCUT2D eigenvalue weighted by atomic mass is 10.3. The average Bonchev–Trinajstić information content (AvgIpc) is 2.26. The zero-order chi connectivity index (χ0) is 12.0. The average molecular weight is 245 g/mol. The Kier molecular flexibility index (Phi) is 5.26. The summed E-state index contributed by atoms with van der Waals surface area (Å²) in [5, 5.41) is 10.0. The topological polar surface area (TPSA) is 38.7 Å². The second-order valence-electron chi connectivity index (χ2n) is 3.45. The van der Waals surface area contributed by atoms with Crippen LogP contribution in [0.4, 0.5) is 0 Å². The van der Waals surface area contributed by atoms with Crippen molar-refractivity contribution in [2.45, 2.75) is 26.7 Å². The first-order chi connectivity index (χ1) is 7.69. The van der Waals surface area contributed by atoms with Gasteiger partial charge < -0.3 is 14.6 Å². The quantitative estimate of drug-likeness (QED) is 0.831.